The van der Waals surface area contributed by atoms with Gasteiger partial charge in [0.2, 0.25) is 11.8 Å². The number of methoxy groups -OCH3 is 1. The summed E-state index contributed by atoms with van der Waals surface area (Å²) in [6.07, 6.45) is 4.06. The number of benzene rings is 3. The Labute approximate surface area is 271 Å². The number of aliphatic hydroxyl groups excluding tert-OH is 1. The van der Waals surface area contributed by atoms with Crippen LogP contribution in [0.1, 0.15) is 74.0 Å². The van der Waals surface area contributed by atoms with Gasteiger partial charge in [-0.1, -0.05) is 48.5 Å². The summed E-state index contributed by atoms with van der Waals surface area (Å²) in [6.45, 7) is 2.54. The van der Waals surface area contributed by atoms with E-state index in [1.807, 2.05) is 60.7 Å². The van der Waals surface area contributed by atoms with Crippen LogP contribution in [0.2, 0.25) is 0 Å². The summed E-state index contributed by atoms with van der Waals surface area (Å²) in [5, 5.41) is 15.3. The first-order chi connectivity index (χ1) is 22.4. The van der Waals surface area contributed by atoms with Crippen LogP contribution in [0.15, 0.2) is 72.8 Å². The summed E-state index contributed by atoms with van der Waals surface area (Å²) < 4.78 is 18.5. The number of hydrogen-bond acceptors (Lipinski definition) is 8. The third-order valence-corrected chi connectivity index (χ3v) is 8.67. The minimum atomic E-state index is -0.563. The zero-order valence-corrected chi connectivity index (χ0v) is 26.5. The molecule has 5 rings (SSSR count). The van der Waals surface area contributed by atoms with Gasteiger partial charge in [0, 0.05) is 50.2 Å². The average molecular weight is 631 g/mol. The van der Waals surface area contributed by atoms with Crippen LogP contribution in [0.5, 0.6) is 0 Å². The maximum absolute atomic E-state index is 12.6. The molecule has 0 aromatic heterocycles. The molecule has 2 heterocycles. The summed E-state index contributed by atoms with van der Waals surface area (Å²) in [5.74, 6) is -0.226. The number of unbranched alkanes of at least 4 members (excludes halogenated alkanes) is 1. The number of para-hydroxylation sites is 2. The van der Waals surface area contributed by atoms with Gasteiger partial charge in [0.25, 0.3) is 0 Å². The lowest BCUT2D eigenvalue weighted by molar-refractivity contribution is -0.253. The van der Waals surface area contributed by atoms with E-state index >= 15 is 0 Å². The predicted molar refractivity (Wildman–Crippen MR) is 178 cm³/mol. The number of nitrogens with two attached hydrogens (primary N) is 1. The normalized spacial score (nSPS) is 21.6. The van der Waals surface area contributed by atoms with Crippen molar-refractivity contribution in [2.75, 3.05) is 43.2 Å². The Hall–Kier alpha value is -3.80. The smallest absolute Gasteiger partial charge is 0.224 e. The Morgan fingerprint density at radius 1 is 0.935 bits per heavy atom. The predicted octanol–water partition coefficient (Wildman–Crippen LogP) is 5.55. The molecular formula is C36H46N4O6. The van der Waals surface area contributed by atoms with Crippen LogP contribution < -0.4 is 16.4 Å². The van der Waals surface area contributed by atoms with Gasteiger partial charge in [0.05, 0.1) is 36.8 Å². The number of likely N-dealkylation sites (tertiary alicyclic amines) is 1. The molecule has 2 fully saturated rings. The summed E-state index contributed by atoms with van der Waals surface area (Å²) >= 11 is 0. The number of aliphatic hydroxyl groups is 1. The topological polar surface area (TPSA) is 135 Å². The number of carbonyl (C=O) groups excluding carboxylic acids is 2. The van der Waals surface area contributed by atoms with Crippen molar-refractivity contribution < 1.29 is 28.9 Å². The van der Waals surface area contributed by atoms with Crippen molar-refractivity contribution in [3.63, 3.8) is 0 Å². The van der Waals surface area contributed by atoms with Gasteiger partial charge in [-0.15, -0.1) is 0 Å². The van der Waals surface area contributed by atoms with Crippen molar-refractivity contribution in [2.24, 2.45) is 0 Å². The second-order valence-corrected chi connectivity index (χ2v) is 12.1. The fourth-order valence-corrected chi connectivity index (χ4v) is 6.15. The molecule has 2 aliphatic heterocycles. The molecule has 10 nitrogen and oxygen atoms in total. The second-order valence-electron chi connectivity index (χ2n) is 12.1. The standard InChI is InChI=1S/C36H46N4O6/c1-44-24-29-7-6-20-40(29)22-30-21-33(26-14-12-25(23-41)13-15-26)46-36(45-30)27-16-18-28(19-17-27)38-34(42)10-4-5-11-35(43)39-32-9-3-2-8-31(32)37/h2-3,8-9,12-19,29-30,33,36,41H,4-7,10-11,20-24,37H2,1H3,(H,38,42)(H,39,43)/t29-,30+,33-,36-/m0/s1. The molecule has 2 saturated heterocycles. The summed E-state index contributed by atoms with van der Waals surface area (Å²) in [4.78, 5) is 27.3. The average Bonchev–Trinajstić information content (AvgIpc) is 3.50. The lowest BCUT2D eigenvalue weighted by Gasteiger charge is -2.38. The van der Waals surface area contributed by atoms with Gasteiger partial charge in [-0.3, -0.25) is 14.5 Å². The van der Waals surface area contributed by atoms with E-state index in [0.717, 1.165) is 49.0 Å². The minimum absolute atomic E-state index is 0.000735. The third-order valence-electron chi connectivity index (χ3n) is 8.67. The molecule has 3 aromatic carbocycles. The number of rotatable bonds is 14. The van der Waals surface area contributed by atoms with E-state index in [1.54, 1.807) is 19.2 Å². The SMILES string of the molecule is COC[C@@H]1CCCN1C[C@H]1C[C@@H](c2ccc(CO)cc2)O[C@@H](c2ccc(NC(=O)CCCCC(=O)Nc3ccccc3N)cc2)O1. The molecular weight excluding hydrogens is 584 g/mol. The van der Waals surface area contributed by atoms with E-state index in [9.17, 15) is 14.7 Å². The molecule has 0 saturated carbocycles. The van der Waals surface area contributed by atoms with Crippen molar-refractivity contribution in [1.29, 1.82) is 0 Å². The molecule has 3 aromatic rings. The van der Waals surface area contributed by atoms with Crippen molar-refractivity contribution >= 4 is 28.9 Å². The number of nitrogens with one attached hydrogen (secondary N) is 2. The Morgan fingerprint density at radius 2 is 1.63 bits per heavy atom. The van der Waals surface area contributed by atoms with Crippen LogP contribution in [0.3, 0.4) is 0 Å². The Kier molecular flexibility index (Phi) is 12.2. The number of nitrogens with zero attached hydrogens (tertiary/aromatic N) is 1. The van der Waals surface area contributed by atoms with Gasteiger partial charge in [0.1, 0.15) is 0 Å². The molecule has 0 radical (unpaired) electrons. The highest BCUT2D eigenvalue weighted by Crippen LogP contribution is 2.39. The molecule has 246 valence electrons. The number of ether oxygens (including phenoxy) is 3. The Morgan fingerprint density at radius 3 is 2.33 bits per heavy atom. The molecule has 4 atom stereocenters. The number of carbonyl (C=O) groups is 2. The Bertz CT molecular complexity index is 1420. The van der Waals surface area contributed by atoms with Crippen LogP contribution in [-0.4, -0.2) is 60.8 Å². The first-order valence-electron chi connectivity index (χ1n) is 16.2. The zero-order chi connectivity index (χ0) is 32.3. The van der Waals surface area contributed by atoms with Gasteiger partial charge in [-0.2, -0.15) is 0 Å². The maximum Gasteiger partial charge on any atom is 0.224 e. The summed E-state index contributed by atoms with van der Waals surface area (Å²) in [7, 11) is 1.75. The summed E-state index contributed by atoms with van der Waals surface area (Å²) in [5.41, 5.74) is 10.5. The van der Waals surface area contributed by atoms with Crippen molar-refractivity contribution in [1.82, 2.24) is 4.90 Å². The monoisotopic (exact) mass is 630 g/mol. The van der Waals surface area contributed by atoms with Crippen LogP contribution in [0.4, 0.5) is 17.1 Å². The van der Waals surface area contributed by atoms with E-state index in [4.69, 9.17) is 19.9 Å². The number of anilines is 3. The van der Waals surface area contributed by atoms with Crippen LogP contribution in [0.25, 0.3) is 0 Å². The minimum Gasteiger partial charge on any atom is -0.397 e. The van der Waals surface area contributed by atoms with Crippen molar-refractivity contribution in [3.8, 4) is 0 Å². The summed E-state index contributed by atoms with van der Waals surface area (Å²) in [6, 6.07) is 23.0. The molecule has 10 heteroatoms. The van der Waals surface area contributed by atoms with Gasteiger partial charge in [0.15, 0.2) is 6.29 Å². The fourth-order valence-electron chi connectivity index (χ4n) is 6.15. The van der Waals surface area contributed by atoms with Crippen molar-refractivity contribution in [3.05, 3.63) is 89.5 Å². The lowest BCUT2D eigenvalue weighted by atomic mass is 9.99. The molecule has 5 N–H and O–H groups in total. The van der Waals surface area contributed by atoms with Crippen LogP contribution in [-0.2, 0) is 30.4 Å². The van der Waals surface area contributed by atoms with Gasteiger partial charge in [-0.05, 0) is 67.6 Å². The van der Waals surface area contributed by atoms with E-state index in [1.165, 1.54) is 0 Å². The van der Waals surface area contributed by atoms with Gasteiger partial charge in [-0.25, -0.2) is 0 Å². The van der Waals surface area contributed by atoms with Crippen molar-refractivity contribution in [2.45, 2.75) is 76.1 Å². The first kappa shape index (κ1) is 33.6. The van der Waals surface area contributed by atoms with E-state index in [-0.39, 0.29) is 30.6 Å². The van der Waals surface area contributed by atoms with E-state index in [2.05, 4.69) is 15.5 Å². The van der Waals surface area contributed by atoms with E-state index in [0.29, 0.717) is 55.4 Å². The molecule has 0 unspecified atom stereocenters. The fraction of sp³-hybridized carbons (Fsp3) is 0.444. The quantitative estimate of drug-likeness (QED) is 0.134. The Balaban J connectivity index is 1.14. The number of nitrogen functional groups attached to an aromatic ring is 1. The molecule has 0 spiro atoms. The highest BCUT2D eigenvalue weighted by Gasteiger charge is 2.35. The second kappa shape index (κ2) is 16.7. The largest absolute Gasteiger partial charge is 0.397 e. The highest BCUT2D eigenvalue weighted by molar-refractivity contribution is 5.94. The lowest BCUT2D eigenvalue weighted by Crippen LogP contribution is -2.42. The maximum atomic E-state index is 12.6. The number of hydrogen-bond donors (Lipinski definition) is 4. The highest BCUT2D eigenvalue weighted by atomic mass is 16.7. The first-order valence-corrected chi connectivity index (χ1v) is 16.2. The van der Waals surface area contributed by atoms with Gasteiger partial charge < -0.3 is 35.7 Å². The van der Waals surface area contributed by atoms with Crippen LogP contribution in [0, 0.1) is 0 Å². The third kappa shape index (κ3) is 9.37. The number of amides is 2. The van der Waals surface area contributed by atoms with Crippen LogP contribution >= 0.6 is 0 Å². The molecule has 46 heavy (non-hydrogen) atoms. The van der Waals surface area contributed by atoms with E-state index < -0.39 is 6.29 Å². The molecule has 0 aliphatic carbocycles. The molecule has 0 bridgehead atoms. The molecule has 2 aliphatic rings. The van der Waals surface area contributed by atoms with Gasteiger partial charge >= 0.3 is 0 Å². The molecule has 2 amide bonds. The zero-order valence-electron chi connectivity index (χ0n) is 26.5.